The van der Waals surface area contributed by atoms with Crippen LogP contribution < -0.4 is 0 Å². The summed E-state index contributed by atoms with van der Waals surface area (Å²) in [6.45, 7) is 15.3. The van der Waals surface area contributed by atoms with Gasteiger partial charge >= 0.3 is 0 Å². The molecule has 0 aliphatic heterocycles. The van der Waals surface area contributed by atoms with Crippen molar-refractivity contribution in [2.75, 3.05) is 0 Å². The van der Waals surface area contributed by atoms with Gasteiger partial charge in [0.25, 0.3) is 20.4 Å². The van der Waals surface area contributed by atoms with Crippen molar-refractivity contribution in [1.82, 2.24) is 0 Å². The predicted octanol–water partition coefficient (Wildman–Crippen LogP) is 1.59. The SMILES string of the molecule is Cc1ccc(F)cc1Cl.[C]=O.[C]=O.[C]=O.[Cr]. The Morgan fingerprint density at radius 2 is 1.44 bits per heavy atom. The third-order valence-electron chi connectivity index (χ3n) is 1.13. The zero-order chi connectivity index (χ0) is 12.9. The topological polar surface area (TPSA) is 51.2 Å². The number of carbonyl (C=O) groups excluding carboxylic acids is 3. The summed E-state index contributed by atoms with van der Waals surface area (Å²) in [5, 5.41) is 0.481. The smallest absolute Gasteiger partial charge is 0.281 e. The molecule has 1 aromatic rings. The monoisotopic (exact) mass is 280 g/mol. The summed E-state index contributed by atoms with van der Waals surface area (Å²) in [7, 11) is 0. The fraction of sp³-hybridized carbons (Fsp3) is 0.100. The van der Waals surface area contributed by atoms with Crippen LogP contribution in [0.1, 0.15) is 5.56 Å². The Hall–Kier alpha value is -1.02. The molecule has 0 unspecified atom stereocenters. The van der Waals surface area contributed by atoms with Crippen LogP contribution in [0, 0.1) is 12.7 Å². The molecule has 0 aliphatic rings. The summed E-state index contributed by atoms with van der Waals surface area (Å²) >= 11 is 5.57. The zero-order valence-electron chi connectivity index (χ0n) is 8.12. The zero-order valence-corrected chi connectivity index (χ0v) is 10.2. The van der Waals surface area contributed by atoms with Crippen molar-refractivity contribution in [3.63, 3.8) is 0 Å². The molecule has 3 nitrogen and oxygen atoms in total. The van der Waals surface area contributed by atoms with Crippen molar-refractivity contribution < 1.29 is 36.1 Å². The summed E-state index contributed by atoms with van der Waals surface area (Å²) < 4.78 is 12.3. The molecule has 1 rings (SSSR count). The van der Waals surface area contributed by atoms with Gasteiger partial charge in [-0.1, -0.05) is 17.7 Å². The summed E-state index contributed by atoms with van der Waals surface area (Å²) in [4.78, 5) is 22.5. The maximum absolute atomic E-state index is 12.3. The molecule has 0 heterocycles. The van der Waals surface area contributed by atoms with E-state index >= 15 is 0 Å². The van der Waals surface area contributed by atoms with Gasteiger partial charge in [0.1, 0.15) is 5.82 Å². The number of hydrogen-bond acceptors (Lipinski definition) is 3. The van der Waals surface area contributed by atoms with E-state index in [9.17, 15) is 4.39 Å². The van der Waals surface area contributed by atoms with E-state index in [0.29, 0.717) is 5.02 Å². The van der Waals surface area contributed by atoms with Gasteiger partial charge in [0.2, 0.25) is 0 Å². The van der Waals surface area contributed by atoms with Gasteiger partial charge in [-0.25, -0.2) is 4.39 Å². The molecule has 0 spiro atoms. The molecule has 84 valence electrons. The maximum Gasteiger partial charge on any atom is 0.281 e. The summed E-state index contributed by atoms with van der Waals surface area (Å²) in [5.74, 6) is -0.286. The fourth-order valence-corrected chi connectivity index (χ4v) is 0.734. The van der Waals surface area contributed by atoms with Crippen LogP contribution >= 0.6 is 11.6 Å². The van der Waals surface area contributed by atoms with E-state index in [1.807, 2.05) is 6.92 Å². The molecule has 6 heteroatoms. The van der Waals surface area contributed by atoms with Gasteiger partial charge in [0, 0.05) is 22.4 Å². The van der Waals surface area contributed by atoms with Gasteiger partial charge in [0.15, 0.2) is 0 Å². The van der Waals surface area contributed by atoms with Gasteiger partial charge in [-0.2, -0.15) is 0 Å². The number of halogens is 2. The first-order valence-corrected chi connectivity index (χ1v) is 3.61. The fourth-order valence-electron chi connectivity index (χ4n) is 0.567. The van der Waals surface area contributed by atoms with Gasteiger partial charge in [-0.3, -0.25) is 14.4 Å². The quantitative estimate of drug-likeness (QED) is 0.725. The minimum Gasteiger partial charge on any atom is -0.281 e. The van der Waals surface area contributed by atoms with E-state index in [1.165, 1.54) is 12.1 Å². The molecule has 0 fully saturated rings. The van der Waals surface area contributed by atoms with Crippen LogP contribution in [-0.4, -0.2) is 20.4 Å². The van der Waals surface area contributed by atoms with Crippen molar-refractivity contribution >= 4 is 32.0 Å². The van der Waals surface area contributed by atoms with Gasteiger partial charge in [-0.15, -0.1) is 0 Å². The van der Waals surface area contributed by atoms with Gasteiger partial charge in [-0.05, 0) is 24.6 Å². The number of aryl methyl sites for hydroxylation is 1. The van der Waals surface area contributed by atoms with Crippen LogP contribution in [0.15, 0.2) is 18.2 Å². The molecule has 0 bridgehead atoms. The first kappa shape index (κ1) is 24.3. The average Bonchev–Trinajstić information content (AvgIpc) is 2.32. The molecule has 0 saturated carbocycles. The van der Waals surface area contributed by atoms with Crippen LogP contribution in [0.3, 0.4) is 0 Å². The molecule has 6 radical (unpaired) electrons. The predicted molar refractivity (Wildman–Crippen MR) is 53.2 cm³/mol. The van der Waals surface area contributed by atoms with Crippen LogP contribution in [0.5, 0.6) is 0 Å². The molecule has 0 N–H and O–H groups in total. The van der Waals surface area contributed by atoms with Crippen LogP contribution in [0.2, 0.25) is 5.02 Å². The van der Waals surface area contributed by atoms with Crippen molar-refractivity contribution in [1.29, 1.82) is 0 Å². The van der Waals surface area contributed by atoms with E-state index in [0.717, 1.165) is 5.56 Å². The first-order valence-electron chi connectivity index (χ1n) is 3.23. The second-order valence-electron chi connectivity index (χ2n) is 1.89. The third kappa shape index (κ3) is 13.0. The van der Waals surface area contributed by atoms with Crippen molar-refractivity contribution in [3.8, 4) is 0 Å². The van der Waals surface area contributed by atoms with E-state index in [1.54, 1.807) is 6.07 Å². The summed E-state index contributed by atoms with van der Waals surface area (Å²) in [6, 6.07) is 4.34. The third-order valence-corrected chi connectivity index (χ3v) is 1.54. The molecule has 16 heavy (non-hydrogen) atoms. The van der Waals surface area contributed by atoms with E-state index in [4.69, 9.17) is 26.0 Å². The molecule has 0 saturated heterocycles. The Kier molecular flexibility index (Phi) is 29.7. The second-order valence-corrected chi connectivity index (χ2v) is 2.30. The minimum absolute atomic E-state index is 0. The Morgan fingerprint density at radius 1 is 1.06 bits per heavy atom. The molecule has 0 aliphatic carbocycles. The molecule has 0 aromatic heterocycles. The Bertz CT molecular complexity index is 269. The standard InChI is InChI=1S/C7H6ClF.3CO.Cr/c1-5-2-3-6(9)4-7(5)8;3*1-2;/h2-4H,1H3;;;;. The molecular formula is C10H6ClCrFO3. The van der Waals surface area contributed by atoms with Gasteiger partial charge < -0.3 is 0 Å². The van der Waals surface area contributed by atoms with E-state index < -0.39 is 0 Å². The normalized spacial score (nSPS) is 6.19. The van der Waals surface area contributed by atoms with Crippen LogP contribution in [-0.2, 0) is 31.7 Å². The molecule has 1 aromatic carbocycles. The Morgan fingerprint density at radius 3 is 1.69 bits per heavy atom. The first-order chi connectivity index (χ1) is 7.20. The molecule has 0 amide bonds. The van der Waals surface area contributed by atoms with Gasteiger partial charge in [0.05, 0.1) is 0 Å². The van der Waals surface area contributed by atoms with Crippen LogP contribution in [0.25, 0.3) is 0 Å². The Labute approximate surface area is 110 Å². The number of rotatable bonds is 0. The molecular weight excluding hydrogens is 275 g/mol. The Balaban J connectivity index is -0.0000000900. The average molecular weight is 281 g/mol. The van der Waals surface area contributed by atoms with E-state index in [2.05, 4.69) is 20.4 Å². The maximum atomic E-state index is 12.3. The summed E-state index contributed by atoms with van der Waals surface area (Å²) in [5.41, 5.74) is 0.901. The van der Waals surface area contributed by atoms with Crippen molar-refractivity contribution in [2.45, 2.75) is 6.92 Å². The molecule has 0 atom stereocenters. The van der Waals surface area contributed by atoms with Crippen molar-refractivity contribution in [3.05, 3.63) is 34.6 Å². The largest absolute Gasteiger partial charge is 0.281 e. The van der Waals surface area contributed by atoms with Crippen molar-refractivity contribution in [2.24, 2.45) is 0 Å². The second kappa shape index (κ2) is 19.5. The summed E-state index contributed by atoms with van der Waals surface area (Å²) in [6.07, 6.45) is 0. The van der Waals surface area contributed by atoms with E-state index in [-0.39, 0.29) is 23.2 Å². The number of hydrogen-bond donors (Lipinski definition) is 0. The number of benzene rings is 1. The van der Waals surface area contributed by atoms with Crippen LogP contribution in [0.4, 0.5) is 4.39 Å². The minimum atomic E-state index is -0.286.